The maximum atomic E-state index is 12.2. The molecule has 0 radical (unpaired) electrons. The van der Waals surface area contributed by atoms with Crippen molar-refractivity contribution in [2.75, 3.05) is 6.54 Å². The van der Waals surface area contributed by atoms with E-state index in [1.165, 1.54) is 25.7 Å². The van der Waals surface area contributed by atoms with E-state index < -0.39 is 0 Å². The van der Waals surface area contributed by atoms with Crippen LogP contribution in [0.15, 0.2) is 0 Å². The van der Waals surface area contributed by atoms with Gasteiger partial charge in [-0.2, -0.15) is 0 Å². The Kier molecular flexibility index (Phi) is 4.66. The van der Waals surface area contributed by atoms with Crippen LogP contribution < -0.4 is 5.32 Å². The molecule has 2 fully saturated rings. The zero-order chi connectivity index (χ0) is 13.1. The fourth-order valence-corrected chi connectivity index (χ4v) is 3.76. The summed E-state index contributed by atoms with van der Waals surface area (Å²) in [6.07, 6.45) is 7.66. The third-order valence-corrected chi connectivity index (χ3v) is 4.67. The highest BCUT2D eigenvalue weighted by Crippen LogP contribution is 2.35. The molecule has 0 aromatic rings. The number of nitrogens with one attached hydrogen (secondary N) is 1. The van der Waals surface area contributed by atoms with Crippen molar-refractivity contribution in [2.24, 2.45) is 11.8 Å². The van der Waals surface area contributed by atoms with E-state index in [1.807, 2.05) is 0 Å². The molecule has 1 aliphatic heterocycles. The van der Waals surface area contributed by atoms with Crippen LogP contribution in [0.25, 0.3) is 0 Å². The van der Waals surface area contributed by atoms with E-state index >= 15 is 0 Å². The molecule has 2 rings (SSSR count). The fourth-order valence-electron chi connectivity index (χ4n) is 3.76. The number of nitrogens with zero attached hydrogens (tertiary/aromatic N) is 1. The summed E-state index contributed by atoms with van der Waals surface area (Å²) in [4.78, 5) is 14.4. The molecule has 1 N–H and O–H groups in total. The van der Waals surface area contributed by atoms with Crippen LogP contribution >= 0.6 is 0 Å². The monoisotopic (exact) mass is 252 g/mol. The summed E-state index contributed by atoms with van der Waals surface area (Å²) in [5, 5.41) is 3.39. The number of rotatable bonds is 4. The van der Waals surface area contributed by atoms with E-state index in [-0.39, 0.29) is 0 Å². The van der Waals surface area contributed by atoms with Crippen LogP contribution in [0.1, 0.15) is 59.3 Å². The Bertz CT molecular complexity index is 290. The first-order valence-electron chi connectivity index (χ1n) is 7.69. The van der Waals surface area contributed by atoms with Crippen molar-refractivity contribution in [3.05, 3.63) is 0 Å². The van der Waals surface area contributed by atoms with Gasteiger partial charge in [0, 0.05) is 6.04 Å². The fraction of sp³-hybridized carbons (Fsp3) is 0.933. The van der Waals surface area contributed by atoms with Gasteiger partial charge >= 0.3 is 0 Å². The lowest BCUT2D eigenvalue weighted by molar-refractivity contribution is -0.132. The van der Waals surface area contributed by atoms with Gasteiger partial charge in [0.1, 0.15) is 0 Å². The lowest BCUT2D eigenvalue weighted by Gasteiger charge is -2.42. The van der Waals surface area contributed by atoms with Crippen molar-refractivity contribution in [3.63, 3.8) is 0 Å². The minimum Gasteiger partial charge on any atom is -0.323 e. The third-order valence-electron chi connectivity index (χ3n) is 4.67. The molecule has 1 aliphatic carbocycles. The summed E-state index contributed by atoms with van der Waals surface area (Å²) in [6, 6.07) is 0.484. The summed E-state index contributed by atoms with van der Waals surface area (Å²) in [5.41, 5.74) is 0. The Balaban J connectivity index is 2.12. The van der Waals surface area contributed by atoms with Crippen LogP contribution in [0.3, 0.4) is 0 Å². The average molecular weight is 252 g/mol. The van der Waals surface area contributed by atoms with Gasteiger partial charge in [-0.3, -0.25) is 10.1 Å². The third kappa shape index (κ3) is 2.71. The molecular weight excluding hydrogens is 224 g/mol. The Morgan fingerprint density at radius 2 is 2.06 bits per heavy atom. The highest BCUT2D eigenvalue weighted by atomic mass is 16.2. The molecule has 18 heavy (non-hydrogen) atoms. The van der Waals surface area contributed by atoms with Crippen molar-refractivity contribution in [1.82, 2.24) is 10.2 Å². The summed E-state index contributed by atoms with van der Waals surface area (Å²) < 4.78 is 0. The number of amides is 1. The largest absolute Gasteiger partial charge is 0.323 e. The first kappa shape index (κ1) is 13.9. The zero-order valence-corrected chi connectivity index (χ0v) is 12.1. The first-order chi connectivity index (χ1) is 8.65. The molecule has 3 unspecified atom stereocenters. The minimum absolute atomic E-state index is 0.298. The first-order valence-corrected chi connectivity index (χ1v) is 7.69. The van der Waals surface area contributed by atoms with E-state index in [1.54, 1.807) is 0 Å². The molecule has 1 amide bonds. The molecule has 3 atom stereocenters. The van der Waals surface area contributed by atoms with Gasteiger partial charge in [0.25, 0.3) is 0 Å². The Labute approximate surface area is 111 Å². The van der Waals surface area contributed by atoms with Crippen LogP contribution in [0.5, 0.6) is 0 Å². The SMILES string of the molecule is CCCC1NCC(=O)N1C1CCCCC1C(C)C. The van der Waals surface area contributed by atoms with Gasteiger partial charge in [0.2, 0.25) is 5.91 Å². The Morgan fingerprint density at radius 1 is 1.33 bits per heavy atom. The molecule has 1 heterocycles. The van der Waals surface area contributed by atoms with E-state index in [2.05, 4.69) is 31.0 Å². The van der Waals surface area contributed by atoms with Gasteiger partial charge in [-0.05, 0) is 31.1 Å². The molecular formula is C15H28N2O. The minimum atomic E-state index is 0.298. The van der Waals surface area contributed by atoms with Crippen LogP contribution in [-0.2, 0) is 4.79 Å². The van der Waals surface area contributed by atoms with Crippen molar-refractivity contribution in [2.45, 2.75) is 71.5 Å². The number of hydrogen-bond donors (Lipinski definition) is 1. The molecule has 2 aliphatic rings. The highest BCUT2D eigenvalue weighted by Gasteiger charge is 2.40. The lowest BCUT2D eigenvalue weighted by atomic mass is 9.77. The maximum absolute atomic E-state index is 12.2. The summed E-state index contributed by atoms with van der Waals surface area (Å²) in [7, 11) is 0. The number of carbonyl (C=O) groups is 1. The van der Waals surface area contributed by atoms with Gasteiger partial charge < -0.3 is 4.90 Å². The second kappa shape index (κ2) is 6.05. The van der Waals surface area contributed by atoms with Gasteiger partial charge in [-0.25, -0.2) is 0 Å². The topological polar surface area (TPSA) is 32.3 Å². The van der Waals surface area contributed by atoms with Crippen LogP contribution in [0.2, 0.25) is 0 Å². The van der Waals surface area contributed by atoms with E-state index in [4.69, 9.17) is 0 Å². The second-order valence-electron chi connectivity index (χ2n) is 6.25. The highest BCUT2D eigenvalue weighted by molar-refractivity contribution is 5.81. The van der Waals surface area contributed by atoms with Crippen molar-refractivity contribution < 1.29 is 4.79 Å². The molecule has 0 aromatic heterocycles. The van der Waals surface area contributed by atoms with Gasteiger partial charge in [-0.1, -0.05) is 40.0 Å². The van der Waals surface area contributed by atoms with Gasteiger partial charge in [-0.15, -0.1) is 0 Å². The molecule has 3 heteroatoms. The van der Waals surface area contributed by atoms with Crippen molar-refractivity contribution in [3.8, 4) is 0 Å². The van der Waals surface area contributed by atoms with Crippen LogP contribution in [-0.4, -0.2) is 29.6 Å². The molecule has 0 spiro atoms. The quantitative estimate of drug-likeness (QED) is 0.834. The maximum Gasteiger partial charge on any atom is 0.238 e. The smallest absolute Gasteiger partial charge is 0.238 e. The summed E-state index contributed by atoms with van der Waals surface area (Å²) in [6.45, 7) is 7.37. The zero-order valence-electron chi connectivity index (χ0n) is 12.1. The predicted molar refractivity (Wildman–Crippen MR) is 74.1 cm³/mol. The molecule has 1 saturated carbocycles. The number of hydrogen-bond acceptors (Lipinski definition) is 2. The normalized spacial score (nSPS) is 33.4. The van der Waals surface area contributed by atoms with Crippen molar-refractivity contribution >= 4 is 5.91 Å². The molecule has 104 valence electrons. The Morgan fingerprint density at radius 3 is 2.72 bits per heavy atom. The van der Waals surface area contributed by atoms with E-state index in [0.29, 0.717) is 36.5 Å². The molecule has 0 bridgehead atoms. The van der Waals surface area contributed by atoms with Crippen molar-refractivity contribution in [1.29, 1.82) is 0 Å². The average Bonchev–Trinajstić information content (AvgIpc) is 2.71. The van der Waals surface area contributed by atoms with Gasteiger partial charge in [0.05, 0.1) is 12.7 Å². The summed E-state index contributed by atoms with van der Waals surface area (Å²) >= 11 is 0. The van der Waals surface area contributed by atoms with Crippen LogP contribution in [0, 0.1) is 11.8 Å². The number of carbonyl (C=O) groups excluding carboxylic acids is 1. The molecule has 0 aromatic carbocycles. The van der Waals surface area contributed by atoms with E-state index in [9.17, 15) is 4.79 Å². The molecule has 3 nitrogen and oxygen atoms in total. The predicted octanol–water partition coefficient (Wildman–Crippen LogP) is 2.76. The van der Waals surface area contributed by atoms with E-state index in [0.717, 1.165) is 12.8 Å². The molecule has 1 saturated heterocycles. The Hall–Kier alpha value is -0.570. The lowest BCUT2D eigenvalue weighted by Crippen LogP contribution is -2.50. The second-order valence-corrected chi connectivity index (χ2v) is 6.25. The summed E-state index contributed by atoms with van der Waals surface area (Å²) in [5.74, 6) is 1.71. The van der Waals surface area contributed by atoms with Gasteiger partial charge in [0.15, 0.2) is 0 Å². The van der Waals surface area contributed by atoms with Crippen LogP contribution in [0.4, 0.5) is 0 Å². The standard InChI is InChI=1S/C15H28N2O/c1-4-7-14-16-10-15(18)17(14)13-9-6-5-8-12(13)11(2)3/h11-14,16H,4-10H2,1-3H3.